The first-order chi connectivity index (χ1) is 70.6. The maximum atomic E-state index is 15.3. The van der Waals surface area contributed by atoms with Gasteiger partial charge in [-0.3, -0.25) is 44.8 Å². The molecule has 1 amide bonds. The van der Waals surface area contributed by atoms with Gasteiger partial charge in [-0.25, -0.2) is 46.5 Å². The standard InChI is InChI=1S/C28H36ClN9O.C27H33ClFN9O.C25H30ClFN6O2S.C23H28ClFN8O/c1-16-12-22(31-27-30-14-21(29)25(34-27)32-23-13-18(3)35-36-23)17(2)11-20(16)19-7-9-38(10-8-19)15-24-33-26(39-37-24)28(4,5)6;1-15-10-21(31-26-30-13-19(28)24(34-26)32-22-11-16(2)35-36-22)20(29)12-18(15)17-6-8-38(9-7-17)14-23-33-25(39-37-23)27(3,4)5;1-3-18-10-24(32-31-18)30-25-21(26)12-28-23(29-25)9-17-8-15(2)20(11-22(17)27)16-4-6-33(7-5-16)19-13-36(34,35)14-19;1-3-15-9-21(32-31-15)29-22-17(24)11-27-23(30-22)28-19-8-13(2)16(10-18(19)25)14-4-6-33(7-5-14)12-20(26)34/h11-14,19H,7-10,15H2,1-6H3,(H3,30,31,32,34,35,36);10-13,17H,6-9,14H2,1-5H3,(H3,30,31,32,34,35,36);8,10-12,16,19H,3-7,9,13-14H2,1-2H3,(H2,28,29,30,31,32);8-11,14H,3-7,12H2,1-2H3,(H2,26,34)(H3,27,28,29,30,31,32). The fourth-order valence-electron chi connectivity index (χ4n) is 18.9. The molecule has 10 aromatic heterocycles. The molecule has 14 aromatic rings. The Balaban J connectivity index is 0.000000141. The number of aryl methyl sites for hydroxylation is 9. The molecular weight excluding hydrogens is 2000 g/mol. The number of nitrogens with two attached hydrogens (primary N) is 1. The highest BCUT2D eigenvalue weighted by Crippen LogP contribution is 2.42. The second-order valence-corrected chi connectivity index (χ2v) is 44.5. The van der Waals surface area contributed by atoms with Gasteiger partial charge in [0, 0.05) is 76.0 Å². The highest BCUT2D eigenvalue weighted by Gasteiger charge is 2.40. The van der Waals surface area contributed by atoms with Crippen LogP contribution in [0, 0.1) is 65.9 Å². The van der Waals surface area contributed by atoms with E-state index < -0.39 is 9.84 Å². The summed E-state index contributed by atoms with van der Waals surface area (Å²) in [7, 11) is -2.83. The average molecular weight is 2120 g/mol. The Morgan fingerprint density at radius 2 is 0.770 bits per heavy atom. The molecule has 19 rings (SSSR count). The molecule has 45 heteroatoms. The van der Waals surface area contributed by atoms with E-state index in [0.717, 1.165) is 196 Å². The summed E-state index contributed by atoms with van der Waals surface area (Å²) >= 11 is 25.1. The molecule has 784 valence electrons. The number of amides is 1. The Labute approximate surface area is 878 Å². The van der Waals surface area contributed by atoms with Crippen molar-refractivity contribution >= 4 is 144 Å². The third-order valence-electron chi connectivity index (χ3n) is 27.1. The lowest BCUT2D eigenvalue weighted by atomic mass is 9.85. The molecule has 5 aliphatic heterocycles. The SMILES string of the molecule is CCc1cc(Nc2nc(Cc3cc(C)c(C4CCN(C5CS(=O)(=O)C5)CC4)cc3F)ncc2Cl)n[nH]1.CCc1cc(Nc2nc(Nc3cc(C)c(C4CCN(CC(N)=O)CC4)cc3F)ncc2Cl)n[nH]1.Cc1cc(Nc2nc(Nc3cc(C)c(C4CCN(Cc5noc(C(C)(C)C)n5)CC4)cc3C)ncc2Cl)n[nH]1.Cc1cc(Nc2nc(Nc3cc(C)c(C4CCN(Cc5noc(C(C)(C)C)n5)CC4)cc3F)ncc2Cl)n[nH]1. The van der Waals surface area contributed by atoms with Crippen molar-refractivity contribution in [3.8, 4) is 0 Å². The zero-order chi connectivity index (χ0) is 105. The minimum absolute atomic E-state index is 0.132. The lowest BCUT2D eigenvalue weighted by Gasteiger charge is -2.41. The van der Waals surface area contributed by atoms with Crippen LogP contribution < -0.4 is 43.0 Å². The zero-order valence-corrected chi connectivity index (χ0v) is 89.6. The molecule has 0 aliphatic carbocycles. The molecule has 37 nitrogen and oxygen atoms in total. The molecule has 0 atom stereocenters. The monoisotopic (exact) mass is 2120 g/mol. The summed E-state index contributed by atoms with van der Waals surface area (Å²) in [4.78, 5) is 64.3. The van der Waals surface area contributed by atoms with E-state index >= 15 is 13.2 Å². The largest absolute Gasteiger partial charge is 0.369 e. The molecule has 0 spiro atoms. The van der Waals surface area contributed by atoms with Gasteiger partial charge in [-0.05, 0) is 281 Å². The van der Waals surface area contributed by atoms with Crippen LogP contribution >= 0.6 is 46.4 Å². The van der Waals surface area contributed by atoms with E-state index in [1.54, 1.807) is 30.5 Å². The van der Waals surface area contributed by atoms with Crippen LogP contribution in [-0.4, -0.2) is 211 Å². The molecule has 0 radical (unpaired) electrons. The normalized spacial score (nSPS) is 15.9. The van der Waals surface area contributed by atoms with Crippen molar-refractivity contribution in [3.05, 3.63) is 243 Å². The summed E-state index contributed by atoms with van der Waals surface area (Å²) in [5.74, 6) is 8.76. The van der Waals surface area contributed by atoms with Gasteiger partial charge in [0.2, 0.25) is 35.5 Å². The summed E-state index contributed by atoms with van der Waals surface area (Å²) in [6.07, 6.45) is 15.5. The minimum Gasteiger partial charge on any atom is -0.369 e. The van der Waals surface area contributed by atoms with Crippen LogP contribution in [0.2, 0.25) is 20.1 Å². The van der Waals surface area contributed by atoms with Crippen molar-refractivity contribution in [3.63, 3.8) is 0 Å². The molecule has 5 aliphatic rings. The molecule has 148 heavy (non-hydrogen) atoms. The minimum atomic E-state index is -2.83. The zero-order valence-electron chi connectivity index (χ0n) is 85.7. The van der Waals surface area contributed by atoms with Gasteiger partial charge in [-0.2, -0.15) is 45.3 Å². The summed E-state index contributed by atoms with van der Waals surface area (Å²) < 4.78 is 79.4. The van der Waals surface area contributed by atoms with Gasteiger partial charge >= 0.3 is 0 Å². The van der Waals surface area contributed by atoms with Gasteiger partial charge in [0.1, 0.15) is 43.4 Å². The molecule has 5 fully saturated rings. The second-order valence-electron chi connectivity index (χ2n) is 40.7. The van der Waals surface area contributed by atoms with Gasteiger partial charge in [0.25, 0.3) is 0 Å². The molecule has 0 unspecified atom stereocenters. The van der Waals surface area contributed by atoms with E-state index in [1.807, 2.05) is 89.8 Å². The lowest BCUT2D eigenvalue weighted by molar-refractivity contribution is -0.119. The Hall–Kier alpha value is -12.9. The predicted octanol–water partition coefficient (Wildman–Crippen LogP) is 20.7. The number of anilines is 14. The van der Waals surface area contributed by atoms with Crippen LogP contribution in [0.15, 0.2) is 107 Å². The molecule has 13 N–H and O–H groups in total. The van der Waals surface area contributed by atoms with Crippen LogP contribution in [0.4, 0.5) is 94.6 Å². The van der Waals surface area contributed by atoms with Crippen LogP contribution in [0.1, 0.15) is 238 Å². The Bertz CT molecular complexity index is 6880. The molecule has 5 saturated heterocycles. The Morgan fingerprint density at radius 3 is 1.14 bits per heavy atom. The van der Waals surface area contributed by atoms with E-state index in [0.29, 0.717) is 120 Å². The Morgan fingerprint density at radius 1 is 0.419 bits per heavy atom. The first-order valence-corrected chi connectivity index (χ1v) is 53.1. The number of carbonyl (C=O) groups excluding carboxylic acids is 1. The number of piperidine rings is 4. The maximum absolute atomic E-state index is 15.3. The van der Waals surface area contributed by atoms with E-state index in [2.05, 4.69) is 220 Å². The van der Waals surface area contributed by atoms with Crippen molar-refractivity contribution in [2.24, 2.45) is 5.73 Å². The number of hydrogen-bond acceptors (Lipinski definition) is 32. The number of sulfone groups is 1. The third kappa shape index (κ3) is 28.2. The topological polar surface area (TPSA) is 470 Å². The lowest BCUT2D eigenvalue weighted by Crippen LogP contribution is -2.55. The van der Waals surface area contributed by atoms with Crippen molar-refractivity contribution < 1.29 is 35.4 Å². The second kappa shape index (κ2) is 47.3. The number of halogens is 7. The molecule has 0 bridgehead atoms. The highest BCUT2D eigenvalue weighted by atomic mass is 35.5. The number of nitrogens with zero attached hydrogens (tertiary/aromatic N) is 20. The van der Waals surface area contributed by atoms with Crippen LogP contribution in [0.25, 0.3) is 0 Å². The molecule has 0 saturated carbocycles. The van der Waals surface area contributed by atoms with E-state index in [-0.39, 0.29) is 100 Å². The van der Waals surface area contributed by atoms with Crippen LogP contribution in [0.5, 0.6) is 0 Å². The van der Waals surface area contributed by atoms with Crippen molar-refractivity contribution in [2.45, 2.75) is 228 Å². The fraction of sp³-hybridized carbons (Fsp3) is 0.447. The van der Waals surface area contributed by atoms with Crippen molar-refractivity contribution in [1.29, 1.82) is 0 Å². The number of primary amides is 1. The smallest absolute Gasteiger partial charge is 0.232 e. The van der Waals surface area contributed by atoms with Gasteiger partial charge in [0.05, 0.1) is 67.3 Å². The fourth-order valence-corrected chi connectivity index (χ4v) is 21.0. The summed E-state index contributed by atoms with van der Waals surface area (Å²) in [5.41, 5.74) is 20.8. The number of nitrogens with one attached hydrogen (secondary N) is 11. The number of aromatic nitrogens is 20. The first-order valence-electron chi connectivity index (χ1n) is 49.8. The highest BCUT2D eigenvalue weighted by molar-refractivity contribution is 7.92. The number of H-pyrrole nitrogens is 4. The van der Waals surface area contributed by atoms with E-state index in [9.17, 15) is 13.2 Å². The predicted molar refractivity (Wildman–Crippen MR) is 570 cm³/mol. The molecular formula is C103H127Cl4F3N32O5S. The van der Waals surface area contributed by atoms with E-state index in [4.69, 9.17) is 61.2 Å². The number of likely N-dealkylation sites (tertiary alicyclic amines) is 4. The molecule has 15 heterocycles. The maximum Gasteiger partial charge on any atom is 0.232 e. The van der Waals surface area contributed by atoms with E-state index in [1.165, 1.54) is 29.7 Å². The average Bonchev–Trinajstić information content (AvgIpc) is 0.931. The third-order valence-corrected chi connectivity index (χ3v) is 30.0. The van der Waals surface area contributed by atoms with Crippen molar-refractivity contribution in [1.82, 2.24) is 121 Å². The number of aromatic amines is 4. The van der Waals surface area contributed by atoms with Gasteiger partial charge < -0.3 is 52.0 Å². The number of hydrogen-bond donors (Lipinski definition) is 12. The Kier molecular flexibility index (Phi) is 34.5. The van der Waals surface area contributed by atoms with Gasteiger partial charge in [-0.15, -0.1) is 0 Å². The quantitative estimate of drug-likeness (QED) is 0.0207. The van der Waals surface area contributed by atoms with Gasteiger partial charge in [-0.1, -0.05) is 124 Å². The summed E-state index contributed by atoms with van der Waals surface area (Å²) in [5, 5.41) is 59.7. The first kappa shape index (κ1) is 108. The van der Waals surface area contributed by atoms with Crippen LogP contribution in [-0.2, 0) is 57.8 Å². The van der Waals surface area contributed by atoms with Crippen LogP contribution in [0.3, 0.4) is 0 Å². The van der Waals surface area contributed by atoms with Gasteiger partial charge in [0.15, 0.2) is 68.0 Å². The van der Waals surface area contributed by atoms with Crippen molar-refractivity contribution in [2.75, 3.05) is 108 Å². The summed E-state index contributed by atoms with van der Waals surface area (Å²) in [6.45, 7) is 39.2. The number of rotatable bonds is 29. The molecule has 4 aromatic carbocycles. The number of benzene rings is 4. The number of carbonyl (C=O) groups is 1. The summed E-state index contributed by atoms with van der Waals surface area (Å²) in [6, 6.07) is 22.4.